The third-order valence-corrected chi connectivity index (χ3v) is 7.45. The van der Waals surface area contributed by atoms with Crippen molar-refractivity contribution in [2.75, 3.05) is 13.2 Å². The number of fused-ring (bicyclic) bond motifs is 3. The van der Waals surface area contributed by atoms with Crippen molar-refractivity contribution in [3.63, 3.8) is 0 Å². The summed E-state index contributed by atoms with van der Waals surface area (Å²) in [4.78, 5) is 11.9. The summed E-state index contributed by atoms with van der Waals surface area (Å²) in [5.41, 5.74) is -1.25. The molecule has 5 unspecified atom stereocenters. The van der Waals surface area contributed by atoms with Gasteiger partial charge in [0.15, 0.2) is 6.10 Å². The highest BCUT2D eigenvalue weighted by molar-refractivity contribution is 7.87. The van der Waals surface area contributed by atoms with E-state index in [0.717, 1.165) is 0 Å². The first kappa shape index (κ1) is 19.9. The quantitative estimate of drug-likeness (QED) is 0.529. The Morgan fingerprint density at radius 2 is 1.96 bits per heavy atom. The van der Waals surface area contributed by atoms with E-state index >= 15 is 0 Å². The van der Waals surface area contributed by atoms with Crippen molar-refractivity contribution in [2.24, 2.45) is 16.7 Å². The molecule has 8 nitrogen and oxygen atoms in total. The molecule has 2 N–H and O–H groups in total. The summed E-state index contributed by atoms with van der Waals surface area (Å²) in [5, 5.41) is 4.25. The molecular weight excluding hydrogens is 378 g/mol. The zero-order chi connectivity index (χ0) is 19.8. The Morgan fingerprint density at radius 1 is 1.35 bits per heavy atom. The summed E-state index contributed by atoms with van der Waals surface area (Å²) >= 11 is 0. The number of rotatable bonds is 4. The van der Waals surface area contributed by atoms with Gasteiger partial charge in [-0.25, -0.2) is 4.79 Å². The Labute approximate surface area is 149 Å². The third-order valence-electron chi connectivity index (χ3n) is 6.64. The minimum Gasteiger partial charge on any atom is -0.451 e. The van der Waals surface area contributed by atoms with Crippen molar-refractivity contribution in [1.82, 2.24) is 0 Å². The smallest absolute Gasteiger partial charge is 0.451 e. The minimum absolute atomic E-state index is 0.0162. The molecule has 5 atom stereocenters. The maximum Gasteiger partial charge on any atom is 0.465 e. The zero-order valence-corrected chi connectivity index (χ0v) is 15.4. The topological polar surface area (TPSA) is 119 Å². The van der Waals surface area contributed by atoms with Gasteiger partial charge in [-0.2, -0.15) is 17.2 Å². The molecule has 1 heterocycles. The highest BCUT2D eigenvalue weighted by atomic mass is 32.2. The van der Waals surface area contributed by atoms with Gasteiger partial charge in [0.1, 0.15) is 6.10 Å². The number of alkyl halides is 2. The molecule has 1 aliphatic heterocycles. The van der Waals surface area contributed by atoms with Gasteiger partial charge in [-0.1, -0.05) is 20.8 Å². The first-order valence-electron chi connectivity index (χ1n) is 8.23. The second-order valence-electron chi connectivity index (χ2n) is 7.92. The average molecular weight is 400 g/mol. The molecule has 11 heteroatoms. The Kier molecular flexibility index (Phi) is 4.26. The second-order valence-corrected chi connectivity index (χ2v) is 9.38. The van der Waals surface area contributed by atoms with Crippen molar-refractivity contribution in [3.8, 4) is 0 Å². The molecule has 2 bridgehead atoms. The zero-order valence-electron chi connectivity index (χ0n) is 14.6. The molecule has 3 aliphatic rings. The van der Waals surface area contributed by atoms with E-state index in [1.54, 1.807) is 0 Å². The average Bonchev–Trinajstić information content (AvgIpc) is 3.08. The Bertz CT molecular complexity index is 723. The first-order valence-corrected chi connectivity index (χ1v) is 9.67. The van der Waals surface area contributed by atoms with E-state index in [1.807, 2.05) is 20.8 Å². The Hall–Kier alpha value is -0.880. The van der Waals surface area contributed by atoms with E-state index in [-0.39, 0.29) is 13.2 Å². The lowest BCUT2D eigenvalue weighted by Gasteiger charge is -2.46. The van der Waals surface area contributed by atoms with E-state index in [2.05, 4.69) is 0 Å². The highest BCUT2D eigenvalue weighted by Gasteiger charge is 2.79. The summed E-state index contributed by atoms with van der Waals surface area (Å²) in [5.74, 6) is -4.38. The van der Waals surface area contributed by atoms with Crippen LogP contribution < -0.4 is 0 Å². The monoisotopic (exact) mass is 400 g/mol. The number of hydrogen-bond acceptors (Lipinski definition) is 7. The molecular formula is C15H22F2O8S. The molecule has 3 fully saturated rings. The molecule has 0 aromatic carbocycles. The van der Waals surface area contributed by atoms with Crippen LogP contribution in [0.2, 0.25) is 0 Å². The van der Waals surface area contributed by atoms with Crippen LogP contribution in [0.15, 0.2) is 0 Å². The molecule has 150 valence electrons. The molecule has 3 rings (SSSR count). The number of carbonyl (C=O) groups is 1. The van der Waals surface area contributed by atoms with E-state index in [1.165, 1.54) is 0 Å². The van der Waals surface area contributed by atoms with Crippen molar-refractivity contribution in [1.29, 1.82) is 0 Å². The molecule has 2 saturated carbocycles. The van der Waals surface area contributed by atoms with Crippen molar-refractivity contribution < 1.29 is 45.9 Å². The molecule has 26 heavy (non-hydrogen) atoms. The summed E-state index contributed by atoms with van der Waals surface area (Å²) in [7, 11) is -5.98. The number of aliphatic hydroxyl groups is 1. The predicted octanol–water partition coefficient (Wildman–Crippen LogP) is 0.939. The van der Waals surface area contributed by atoms with Crippen LogP contribution in [0.5, 0.6) is 0 Å². The summed E-state index contributed by atoms with van der Waals surface area (Å²) in [6, 6.07) is 0. The second kappa shape index (κ2) is 5.57. The van der Waals surface area contributed by atoms with E-state index in [4.69, 9.17) is 18.8 Å². The lowest BCUT2D eigenvalue weighted by atomic mass is 9.68. The van der Waals surface area contributed by atoms with Crippen LogP contribution in [0.25, 0.3) is 0 Å². The largest absolute Gasteiger partial charge is 0.465 e. The van der Waals surface area contributed by atoms with Crippen LogP contribution in [-0.2, 0) is 29.1 Å². The standard InChI is InChI=1S/C15H22F2O8S/c1-12(2)9-4-5-13(12,3)14(23-7-8(6-18)25-14)10(9)24-11(19)15(16,17)26(20,21)22/h8-10,18H,4-7H2,1-3H3,(H,20,21,22). The van der Waals surface area contributed by atoms with Gasteiger partial charge in [0.25, 0.3) is 0 Å². The molecule has 1 spiro atoms. The number of aliphatic hydroxyl groups excluding tert-OH is 1. The van der Waals surface area contributed by atoms with Gasteiger partial charge < -0.3 is 19.3 Å². The minimum atomic E-state index is -5.98. The fraction of sp³-hybridized carbons (Fsp3) is 0.933. The molecule has 0 aromatic rings. The van der Waals surface area contributed by atoms with E-state index < -0.39 is 56.1 Å². The van der Waals surface area contributed by atoms with E-state index in [0.29, 0.717) is 12.8 Å². The predicted molar refractivity (Wildman–Crippen MR) is 81.6 cm³/mol. The van der Waals surface area contributed by atoms with Crippen LogP contribution in [0.4, 0.5) is 8.78 Å². The van der Waals surface area contributed by atoms with Gasteiger partial charge in [-0.15, -0.1) is 0 Å². The van der Waals surface area contributed by atoms with Gasteiger partial charge in [0.05, 0.1) is 13.2 Å². The normalized spacial score (nSPS) is 41.7. The van der Waals surface area contributed by atoms with Crippen molar-refractivity contribution in [2.45, 2.75) is 56.9 Å². The summed E-state index contributed by atoms with van der Waals surface area (Å²) in [6.45, 7) is 5.20. The lowest BCUT2D eigenvalue weighted by Crippen LogP contribution is -2.57. The summed E-state index contributed by atoms with van der Waals surface area (Å²) in [6.07, 6.45) is -0.860. The molecule has 0 amide bonds. The molecule has 0 aromatic heterocycles. The Balaban J connectivity index is 1.99. The molecule has 2 aliphatic carbocycles. The fourth-order valence-electron chi connectivity index (χ4n) is 4.78. The maximum absolute atomic E-state index is 13.7. The number of hydrogen-bond donors (Lipinski definition) is 2. The number of carbonyl (C=O) groups excluding carboxylic acids is 1. The van der Waals surface area contributed by atoms with Gasteiger partial charge in [0.2, 0.25) is 5.79 Å². The van der Waals surface area contributed by atoms with Crippen LogP contribution in [0.3, 0.4) is 0 Å². The Morgan fingerprint density at radius 3 is 2.46 bits per heavy atom. The fourth-order valence-corrected chi connectivity index (χ4v) is 5.04. The lowest BCUT2D eigenvalue weighted by molar-refractivity contribution is -0.291. The third kappa shape index (κ3) is 2.24. The van der Waals surface area contributed by atoms with Crippen LogP contribution >= 0.6 is 0 Å². The number of ether oxygens (including phenoxy) is 3. The molecule has 1 saturated heterocycles. The number of halogens is 2. The van der Waals surface area contributed by atoms with Crippen molar-refractivity contribution in [3.05, 3.63) is 0 Å². The molecule has 0 radical (unpaired) electrons. The maximum atomic E-state index is 13.7. The van der Waals surface area contributed by atoms with Gasteiger partial charge in [-0.3, -0.25) is 4.55 Å². The van der Waals surface area contributed by atoms with Gasteiger partial charge in [0, 0.05) is 11.3 Å². The van der Waals surface area contributed by atoms with Crippen LogP contribution in [0.1, 0.15) is 33.6 Å². The van der Waals surface area contributed by atoms with Crippen LogP contribution in [0, 0.1) is 16.7 Å². The van der Waals surface area contributed by atoms with Crippen LogP contribution in [-0.4, -0.2) is 60.5 Å². The SMILES string of the molecule is CC1(C)C2CCC1(C)C1(OCC(CO)O1)C2OC(=O)C(F)(F)S(=O)(=O)O. The van der Waals surface area contributed by atoms with Gasteiger partial charge >= 0.3 is 21.3 Å². The summed E-state index contributed by atoms with van der Waals surface area (Å²) < 4.78 is 74.2. The van der Waals surface area contributed by atoms with E-state index in [9.17, 15) is 27.1 Å². The highest BCUT2D eigenvalue weighted by Crippen LogP contribution is 2.72. The first-order chi connectivity index (χ1) is 11.7. The number of esters is 1. The van der Waals surface area contributed by atoms with Crippen molar-refractivity contribution >= 4 is 16.1 Å². The van der Waals surface area contributed by atoms with Gasteiger partial charge in [-0.05, 0) is 18.3 Å².